The fourth-order valence-corrected chi connectivity index (χ4v) is 3.14. The van der Waals surface area contributed by atoms with Crippen LogP contribution in [0.5, 0.6) is 0 Å². The molecule has 1 aliphatic heterocycles. The second kappa shape index (κ2) is 6.27. The predicted molar refractivity (Wildman–Crippen MR) is 66.6 cm³/mol. The van der Waals surface area contributed by atoms with Gasteiger partial charge in [0.25, 0.3) is 0 Å². The van der Waals surface area contributed by atoms with Crippen molar-refractivity contribution in [3.63, 3.8) is 0 Å². The molecule has 0 aromatic carbocycles. The van der Waals surface area contributed by atoms with Crippen LogP contribution < -0.4 is 5.32 Å². The van der Waals surface area contributed by atoms with Crippen molar-refractivity contribution in [1.82, 2.24) is 15.1 Å². The molecule has 0 spiro atoms. The third-order valence-corrected chi connectivity index (χ3v) is 4.13. The van der Waals surface area contributed by atoms with Crippen LogP contribution in [0, 0.1) is 0 Å². The Kier molecular flexibility index (Phi) is 4.69. The second-order valence-corrected chi connectivity index (χ2v) is 5.58. The lowest BCUT2D eigenvalue weighted by molar-refractivity contribution is 0.147. The molecule has 2 N–H and O–H groups in total. The van der Waals surface area contributed by atoms with Gasteiger partial charge in [-0.3, -0.25) is 4.68 Å². The minimum absolute atomic E-state index is 0.355. The predicted octanol–water partition coefficient (Wildman–Crippen LogP) is 0.729. The van der Waals surface area contributed by atoms with Crippen LogP contribution in [0.4, 0.5) is 0 Å². The Balaban J connectivity index is 1.58. The average Bonchev–Trinajstić information content (AvgIpc) is 2.90. The zero-order valence-corrected chi connectivity index (χ0v) is 10.2. The number of aromatic nitrogens is 2. The molecule has 1 aromatic heterocycles. The quantitative estimate of drug-likeness (QED) is 0.771. The topological polar surface area (TPSA) is 50.1 Å². The van der Waals surface area contributed by atoms with Gasteiger partial charge in [0, 0.05) is 30.7 Å². The molecule has 2 heterocycles. The van der Waals surface area contributed by atoms with E-state index in [-0.39, 0.29) is 6.10 Å². The van der Waals surface area contributed by atoms with Crippen molar-refractivity contribution >= 4 is 11.8 Å². The number of hydrogen-bond donors (Lipinski definition) is 2. The molecule has 2 unspecified atom stereocenters. The van der Waals surface area contributed by atoms with Crippen LogP contribution in [-0.4, -0.2) is 45.1 Å². The molecular weight excluding hydrogens is 222 g/mol. The molecule has 0 aliphatic carbocycles. The van der Waals surface area contributed by atoms with Crippen LogP contribution in [-0.2, 0) is 6.54 Å². The SMILES string of the molecule is OC(CNCC1CCCS1)Cn1cccn1. The second-order valence-electron chi connectivity index (χ2n) is 4.18. The summed E-state index contributed by atoms with van der Waals surface area (Å²) in [6.45, 7) is 2.23. The molecule has 1 fully saturated rings. The minimum Gasteiger partial charge on any atom is -0.390 e. The summed E-state index contributed by atoms with van der Waals surface area (Å²) in [5.74, 6) is 1.29. The van der Waals surface area contributed by atoms with Crippen LogP contribution in [0.2, 0.25) is 0 Å². The van der Waals surface area contributed by atoms with Gasteiger partial charge in [-0.1, -0.05) is 0 Å². The molecule has 2 rings (SSSR count). The van der Waals surface area contributed by atoms with Gasteiger partial charge < -0.3 is 10.4 Å². The number of thioether (sulfide) groups is 1. The van der Waals surface area contributed by atoms with Gasteiger partial charge in [-0.25, -0.2) is 0 Å². The Morgan fingerprint density at radius 1 is 1.62 bits per heavy atom. The number of nitrogens with one attached hydrogen (secondary N) is 1. The normalized spacial score (nSPS) is 22.4. The highest BCUT2D eigenvalue weighted by molar-refractivity contribution is 8.00. The van der Waals surface area contributed by atoms with Gasteiger partial charge in [-0.05, 0) is 24.7 Å². The maximum Gasteiger partial charge on any atom is 0.0860 e. The number of aliphatic hydroxyl groups excluding tert-OH is 1. The molecule has 0 radical (unpaired) electrons. The number of hydrogen-bond acceptors (Lipinski definition) is 4. The van der Waals surface area contributed by atoms with E-state index in [2.05, 4.69) is 10.4 Å². The lowest BCUT2D eigenvalue weighted by Gasteiger charge is -2.14. The molecule has 0 bridgehead atoms. The molecule has 4 nitrogen and oxygen atoms in total. The van der Waals surface area contributed by atoms with E-state index in [0.717, 1.165) is 11.8 Å². The standard InChI is InChI=1S/C11H19N3OS/c15-10(9-14-5-2-4-13-14)7-12-8-11-3-1-6-16-11/h2,4-5,10-12,15H,1,3,6-9H2. The van der Waals surface area contributed by atoms with Gasteiger partial charge in [0.2, 0.25) is 0 Å². The molecule has 1 saturated heterocycles. The van der Waals surface area contributed by atoms with Crippen LogP contribution in [0.25, 0.3) is 0 Å². The maximum atomic E-state index is 9.76. The van der Waals surface area contributed by atoms with Gasteiger partial charge in [-0.15, -0.1) is 0 Å². The van der Waals surface area contributed by atoms with Crippen molar-refractivity contribution < 1.29 is 5.11 Å². The van der Waals surface area contributed by atoms with Gasteiger partial charge in [0.1, 0.15) is 0 Å². The fourth-order valence-electron chi connectivity index (χ4n) is 1.91. The fraction of sp³-hybridized carbons (Fsp3) is 0.727. The van der Waals surface area contributed by atoms with E-state index in [1.54, 1.807) is 10.9 Å². The first-order valence-electron chi connectivity index (χ1n) is 5.82. The van der Waals surface area contributed by atoms with Crippen molar-refractivity contribution in [1.29, 1.82) is 0 Å². The van der Waals surface area contributed by atoms with Crippen molar-refractivity contribution in [3.8, 4) is 0 Å². The lowest BCUT2D eigenvalue weighted by atomic mass is 10.2. The molecule has 1 aliphatic rings. The summed E-state index contributed by atoms with van der Waals surface area (Å²) >= 11 is 2.04. The third-order valence-electron chi connectivity index (χ3n) is 2.73. The van der Waals surface area contributed by atoms with Gasteiger partial charge in [-0.2, -0.15) is 16.9 Å². The van der Waals surface area contributed by atoms with Crippen LogP contribution in [0.3, 0.4) is 0 Å². The number of rotatable bonds is 6. The Labute approximate surface area is 100 Å². The first-order chi connectivity index (χ1) is 7.84. The lowest BCUT2D eigenvalue weighted by Crippen LogP contribution is -2.33. The first-order valence-corrected chi connectivity index (χ1v) is 6.87. The summed E-state index contributed by atoms with van der Waals surface area (Å²) in [6.07, 6.45) is 5.90. The highest BCUT2D eigenvalue weighted by atomic mass is 32.2. The van der Waals surface area contributed by atoms with Gasteiger partial charge >= 0.3 is 0 Å². The Hall–Kier alpha value is -0.520. The zero-order chi connectivity index (χ0) is 11.2. The molecular formula is C11H19N3OS. The third kappa shape index (κ3) is 3.81. The smallest absolute Gasteiger partial charge is 0.0860 e. The largest absolute Gasteiger partial charge is 0.390 e. The Bertz CT molecular complexity index is 285. The number of nitrogens with zero attached hydrogens (tertiary/aromatic N) is 2. The van der Waals surface area contributed by atoms with Crippen molar-refractivity contribution in [3.05, 3.63) is 18.5 Å². The number of aliphatic hydroxyl groups is 1. The monoisotopic (exact) mass is 241 g/mol. The van der Waals surface area contributed by atoms with E-state index in [1.807, 2.05) is 24.0 Å². The summed E-state index contributed by atoms with van der Waals surface area (Å²) in [6, 6.07) is 1.87. The Morgan fingerprint density at radius 3 is 3.25 bits per heavy atom. The first kappa shape index (κ1) is 12.0. The van der Waals surface area contributed by atoms with Crippen LogP contribution in [0.1, 0.15) is 12.8 Å². The molecule has 5 heteroatoms. The highest BCUT2D eigenvalue weighted by Crippen LogP contribution is 2.25. The highest BCUT2D eigenvalue weighted by Gasteiger charge is 2.15. The van der Waals surface area contributed by atoms with E-state index in [1.165, 1.54) is 18.6 Å². The van der Waals surface area contributed by atoms with Gasteiger partial charge in [0.15, 0.2) is 0 Å². The molecule has 0 saturated carbocycles. The van der Waals surface area contributed by atoms with Crippen LogP contribution in [0.15, 0.2) is 18.5 Å². The van der Waals surface area contributed by atoms with E-state index in [0.29, 0.717) is 13.1 Å². The van der Waals surface area contributed by atoms with Gasteiger partial charge in [0.05, 0.1) is 12.6 Å². The summed E-state index contributed by atoms with van der Waals surface area (Å²) in [5, 5.41) is 17.9. The van der Waals surface area contributed by atoms with E-state index in [9.17, 15) is 5.11 Å². The van der Waals surface area contributed by atoms with Crippen LogP contribution >= 0.6 is 11.8 Å². The summed E-state index contributed by atoms with van der Waals surface area (Å²) < 4.78 is 1.76. The molecule has 16 heavy (non-hydrogen) atoms. The van der Waals surface area contributed by atoms with E-state index in [4.69, 9.17) is 0 Å². The van der Waals surface area contributed by atoms with Crippen molar-refractivity contribution in [2.75, 3.05) is 18.8 Å². The van der Waals surface area contributed by atoms with E-state index < -0.39 is 0 Å². The summed E-state index contributed by atoms with van der Waals surface area (Å²) in [5.41, 5.74) is 0. The zero-order valence-electron chi connectivity index (χ0n) is 9.38. The maximum absolute atomic E-state index is 9.76. The van der Waals surface area contributed by atoms with E-state index >= 15 is 0 Å². The summed E-state index contributed by atoms with van der Waals surface area (Å²) in [7, 11) is 0. The average molecular weight is 241 g/mol. The molecule has 0 amide bonds. The van der Waals surface area contributed by atoms with Crippen molar-refractivity contribution in [2.45, 2.75) is 30.7 Å². The minimum atomic E-state index is -0.355. The molecule has 1 aromatic rings. The van der Waals surface area contributed by atoms with Crippen molar-refractivity contribution in [2.24, 2.45) is 0 Å². The summed E-state index contributed by atoms with van der Waals surface area (Å²) in [4.78, 5) is 0. The Morgan fingerprint density at radius 2 is 2.56 bits per heavy atom. The molecule has 2 atom stereocenters. The molecule has 90 valence electrons.